The number of H-pyrrole nitrogens is 1. The Bertz CT molecular complexity index is 947. The lowest BCUT2D eigenvalue weighted by molar-refractivity contribution is -0.122. The van der Waals surface area contributed by atoms with Gasteiger partial charge in [-0.15, -0.1) is 0 Å². The molecule has 2 aromatic carbocycles. The van der Waals surface area contributed by atoms with E-state index in [-0.39, 0.29) is 11.8 Å². The lowest BCUT2D eigenvalue weighted by Gasteiger charge is -2.16. The molecule has 0 atom stereocenters. The first-order valence-electron chi connectivity index (χ1n) is 9.38. The van der Waals surface area contributed by atoms with Crippen molar-refractivity contribution in [2.24, 2.45) is 0 Å². The van der Waals surface area contributed by atoms with E-state index in [0.29, 0.717) is 25.2 Å². The molecule has 3 N–H and O–H groups in total. The molecule has 0 aliphatic heterocycles. The minimum absolute atomic E-state index is 0.00400. The number of aromatic nitrogens is 1. The van der Waals surface area contributed by atoms with E-state index in [9.17, 15) is 9.59 Å². The minimum Gasteiger partial charge on any atom is -0.361 e. The summed E-state index contributed by atoms with van der Waals surface area (Å²) in [5.41, 5.74) is 4.01. The molecule has 1 aromatic heterocycles. The number of carbonyl (C=O) groups is 2. The second-order valence-corrected chi connectivity index (χ2v) is 6.91. The summed E-state index contributed by atoms with van der Waals surface area (Å²) in [5, 5.41) is 6.79. The van der Waals surface area contributed by atoms with Crippen LogP contribution in [0, 0.1) is 0 Å². The summed E-state index contributed by atoms with van der Waals surface area (Å²) in [6.45, 7) is 1.57. The number of carbonyl (C=O) groups excluding carboxylic acids is 2. The molecule has 146 valence electrons. The number of likely N-dealkylation sites (N-methyl/N-ethyl adjacent to an activating group) is 1. The SMILES string of the molecule is CNC(=O)c1ccc(CN(C)CC(=O)NCCc2c[nH]c3ccccc23)cc1. The highest BCUT2D eigenvalue weighted by Gasteiger charge is 2.09. The zero-order chi connectivity index (χ0) is 19.9. The molecule has 0 aliphatic carbocycles. The van der Waals surface area contributed by atoms with Crippen LogP contribution in [0.15, 0.2) is 54.7 Å². The monoisotopic (exact) mass is 378 g/mol. The van der Waals surface area contributed by atoms with Gasteiger partial charge in [-0.25, -0.2) is 0 Å². The average Bonchev–Trinajstić information content (AvgIpc) is 3.11. The van der Waals surface area contributed by atoms with Gasteiger partial charge in [-0.05, 0) is 42.8 Å². The molecule has 0 bridgehead atoms. The van der Waals surface area contributed by atoms with Gasteiger partial charge in [0.15, 0.2) is 0 Å². The first-order chi connectivity index (χ1) is 13.6. The van der Waals surface area contributed by atoms with Crippen molar-refractivity contribution in [1.82, 2.24) is 20.5 Å². The zero-order valence-corrected chi connectivity index (χ0v) is 16.3. The third-order valence-electron chi connectivity index (χ3n) is 4.70. The van der Waals surface area contributed by atoms with Gasteiger partial charge in [0.1, 0.15) is 0 Å². The van der Waals surface area contributed by atoms with Gasteiger partial charge in [0.2, 0.25) is 5.91 Å². The molecule has 3 aromatic rings. The molecular formula is C22H26N4O2. The van der Waals surface area contributed by atoms with Crippen molar-refractivity contribution in [1.29, 1.82) is 0 Å². The second kappa shape index (κ2) is 9.19. The van der Waals surface area contributed by atoms with E-state index < -0.39 is 0 Å². The number of hydrogen-bond donors (Lipinski definition) is 3. The summed E-state index contributed by atoms with van der Waals surface area (Å²) in [4.78, 5) is 29.0. The van der Waals surface area contributed by atoms with Crippen molar-refractivity contribution in [2.75, 3.05) is 27.2 Å². The standard InChI is InChI=1S/C22H26N4O2/c1-23-22(28)17-9-7-16(8-10-17)14-26(2)15-21(27)24-12-11-18-13-25-20-6-4-3-5-19(18)20/h3-10,13,25H,11-12,14-15H2,1-2H3,(H,23,28)(H,24,27). The van der Waals surface area contributed by atoms with Gasteiger partial charge in [0, 0.05) is 42.8 Å². The Morgan fingerprint density at radius 2 is 1.82 bits per heavy atom. The lowest BCUT2D eigenvalue weighted by atomic mass is 10.1. The van der Waals surface area contributed by atoms with Crippen LogP contribution in [0.1, 0.15) is 21.5 Å². The van der Waals surface area contributed by atoms with Gasteiger partial charge in [0.05, 0.1) is 6.54 Å². The zero-order valence-electron chi connectivity index (χ0n) is 16.3. The topological polar surface area (TPSA) is 77.2 Å². The maximum Gasteiger partial charge on any atom is 0.251 e. The third kappa shape index (κ3) is 4.98. The Morgan fingerprint density at radius 3 is 2.57 bits per heavy atom. The summed E-state index contributed by atoms with van der Waals surface area (Å²) in [5.74, 6) is -0.0983. The molecule has 2 amide bonds. The molecule has 0 aliphatic rings. The first kappa shape index (κ1) is 19.6. The average molecular weight is 378 g/mol. The number of nitrogens with one attached hydrogen (secondary N) is 3. The molecule has 6 heteroatoms. The summed E-state index contributed by atoms with van der Waals surface area (Å²) in [7, 11) is 3.52. The molecule has 28 heavy (non-hydrogen) atoms. The number of para-hydroxylation sites is 1. The van der Waals surface area contributed by atoms with Gasteiger partial charge >= 0.3 is 0 Å². The van der Waals surface area contributed by atoms with Gasteiger partial charge in [-0.2, -0.15) is 0 Å². The molecule has 1 heterocycles. The fraction of sp³-hybridized carbons (Fsp3) is 0.273. The summed E-state index contributed by atoms with van der Waals surface area (Å²) >= 11 is 0. The predicted octanol–water partition coefficient (Wildman–Crippen LogP) is 2.32. The fourth-order valence-corrected chi connectivity index (χ4v) is 3.25. The number of benzene rings is 2. The number of fused-ring (bicyclic) bond motifs is 1. The van der Waals surface area contributed by atoms with Crippen molar-refractivity contribution in [3.63, 3.8) is 0 Å². The molecule has 0 fully saturated rings. The van der Waals surface area contributed by atoms with E-state index in [1.54, 1.807) is 19.2 Å². The van der Waals surface area contributed by atoms with Crippen LogP contribution < -0.4 is 10.6 Å². The van der Waals surface area contributed by atoms with Crippen LogP contribution in [-0.4, -0.2) is 48.9 Å². The number of aromatic amines is 1. The van der Waals surface area contributed by atoms with E-state index in [4.69, 9.17) is 0 Å². The number of nitrogens with zero attached hydrogens (tertiary/aromatic N) is 1. The highest BCUT2D eigenvalue weighted by atomic mass is 16.2. The third-order valence-corrected chi connectivity index (χ3v) is 4.70. The fourth-order valence-electron chi connectivity index (χ4n) is 3.25. The first-order valence-corrected chi connectivity index (χ1v) is 9.38. The molecule has 3 rings (SSSR count). The maximum atomic E-state index is 12.2. The van der Waals surface area contributed by atoms with E-state index in [0.717, 1.165) is 17.5 Å². The van der Waals surface area contributed by atoms with E-state index in [1.807, 2.05) is 48.5 Å². The van der Waals surface area contributed by atoms with E-state index in [1.165, 1.54) is 10.9 Å². The highest BCUT2D eigenvalue weighted by molar-refractivity contribution is 5.93. The lowest BCUT2D eigenvalue weighted by Crippen LogP contribution is -2.35. The number of hydrogen-bond acceptors (Lipinski definition) is 3. The Balaban J connectivity index is 1.43. The summed E-state index contributed by atoms with van der Waals surface area (Å²) < 4.78 is 0. The molecule has 6 nitrogen and oxygen atoms in total. The Labute approximate surface area is 164 Å². The summed E-state index contributed by atoms with van der Waals surface area (Å²) in [6.07, 6.45) is 2.80. The van der Waals surface area contributed by atoms with Crippen LogP contribution in [-0.2, 0) is 17.8 Å². The van der Waals surface area contributed by atoms with E-state index >= 15 is 0 Å². The second-order valence-electron chi connectivity index (χ2n) is 6.91. The van der Waals surface area contributed by atoms with Crippen molar-refractivity contribution in [3.8, 4) is 0 Å². The predicted molar refractivity (Wildman–Crippen MR) is 111 cm³/mol. The van der Waals surface area contributed by atoms with Gasteiger partial charge in [-0.1, -0.05) is 30.3 Å². The largest absolute Gasteiger partial charge is 0.361 e. The van der Waals surface area contributed by atoms with Crippen LogP contribution >= 0.6 is 0 Å². The van der Waals surface area contributed by atoms with Gasteiger partial charge in [-0.3, -0.25) is 14.5 Å². The van der Waals surface area contributed by atoms with Crippen LogP contribution in [0.4, 0.5) is 0 Å². The van der Waals surface area contributed by atoms with E-state index in [2.05, 4.69) is 21.7 Å². The smallest absolute Gasteiger partial charge is 0.251 e. The normalized spacial score (nSPS) is 11.0. The molecule has 0 saturated heterocycles. The van der Waals surface area contributed by atoms with Crippen LogP contribution in [0.2, 0.25) is 0 Å². The molecule has 0 saturated carbocycles. The quantitative estimate of drug-likeness (QED) is 0.563. The van der Waals surface area contributed by atoms with Crippen molar-refractivity contribution in [3.05, 3.63) is 71.4 Å². The Hall–Kier alpha value is -3.12. The van der Waals surface area contributed by atoms with Gasteiger partial charge in [0.25, 0.3) is 5.91 Å². The number of rotatable bonds is 8. The molecular weight excluding hydrogens is 352 g/mol. The molecule has 0 unspecified atom stereocenters. The molecule has 0 radical (unpaired) electrons. The molecule has 0 spiro atoms. The van der Waals surface area contributed by atoms with Crippen molar-refractivity contribution < 1.29 is 9.59 Å². The Morgan fingerprint density at radius 1 is 1.07 bits per heavy atom. The summed E-state index contributed by atoms with van der Waals surface area (Å²) in [6, 6.07) is 15.6. The van der Waals surface area contributed by atoms with Crippen molar-refractivity contribution in [2.45, 2.75) is 13.0 Å². The number of amides is 2. The maximum absolute atomic E-state index is 12.2. The van der Waals surface area contributed by atoms with Gasteiger partial charge < -0.3 is 15.6 Å². The minimum atomic E-state index is -0.102. The van der Waals surface area contributed by atoms with Crippen LogP contribution in [0.3, 0.4) is 0 Å². The van der Waals surface area contributed by atoms with Crippen molar-refractivity contribution >= 4 is 22.7 Å². The Kier molecular flexibility index (Phi) is 6.45. The van der Waals surface area contributed by atoms with Crippen LogP contribution in [0.5, 0.6) is 0 Å². The van der Waals surface area contributed by atoms with Crippen LogP contribution in [0.25, 0.3) is 10.9 Å². The highest BCUT2D eigenvalue weighted by Crippen LogP contribution is 2.17.